The Labute approximate surface area is 179 Å². The summed E-state index contributed by atoms with van der Waals surface area (Å²) < 4.78 is 0. The molecule has 0 aliphatic carbocycles. The monoisotopic (exact) mass is 407 g/mol. The van der Waals surface area contributed by atoms with E-state index in [1.54, 1.807) is 0 Å². The number of aromatic nitrogens is 2. The number of nitrogens with one attached hydrogen (secondary N) is 2. The summed E-state index contributed by atoms with van der Waals surface area (Å²) in [7, 11) is 0. The minimum absolute atomic E-state index is 0.108. The van der Waals surface area contributed by atoms with Crippen LogP contribution in [0.2, 0.25) is 0 Å². The van der Waals surface area contributed by atoms with Gasteiger partial charge in [0.05, 0.1) is 17.3 Å². The molecule has 2 heterocycles. The van der Waals surface area contributed by atoms with Crippen LogP contribution in [0.1, 0.15) is 22.2 Å². The molecule has 1 atom stereocenters. The summed E-state index contributed by atoms with van der Waals surface area (Å²) in [5.74, 6) is -0.320. The SMILES string of the molecule is O=C(NC[C@@H](O)c1ccccc1)c1cc2c([nH]c3ccccc32)c(-c2ccccc2)n1. The van der Waals surface area contributed by atoms with E-state index < -0.39 is 6.10 Å². The molecule has 5 nitrogen and oxygen atoms in total. The number of H-pyrrole nitrogens is 1. The molecule has 5 rings (SSSR count). The molecule has 31 heavy (non-hydrogen) atoms. The number of amides is 1. The van der Waals surface area contributed by atoms with Gasteiger partial charge in [-0.15, -0.1) is 0 Å². The summed E-state index contributed by atoms with van der Waals surface area (Å²) in [5, 5.41) is 15.2. The van der Waals surface area contributed by atoms with Crippen LogP contribution in [0.25, 0.3) is 33.1 Å². The lowest BCUT2D eigenvalue weighted by molar-refractivity contribution is 0.0911. The Hall–Kier alpha value is -3.96. The first-order valence-electron chi connectivity index (χ1n) is 10.2. The fourth-order valence-corrected chi connectivity index (χ4v) is 3.84. The Morgan fingerprint density at radius 2 is 1.58 bits per heavy atom. The number of pyridine rings is 1. The van der Waals surface area contributed by atoms with E-state index >= 15 is 0 Å². The van der Waals surface area contributed by atoms with Crippen molar-refractivity contribution in [3.8, 4) is 11.3 Å². The highest BCUT2D eigenvalue weighted by Crippen LogP contribution is 2.32. The van der Waals surface area contributed by atoms with Gasteiger partial charge in [-0.25, -0.2) is 4.98 Å². The van der Waals surface area contributed by atoms with Crippen molar-refractivity contribution in [2.45, 2.75) is 6.10 Å². The van der Waals surface area contributed by atoms with E-state index in [9.17, 15) is 9.90 Å². The molecule has 0 bridgehead atoms. The van der Waals surface area contributed by atoms with E-state index in [0.29, 0.717) is 5.69 Å². The number of hydrogen-bond donors (Lipinski definition) is 3. The fourth-order valence-electron chi connectivity index (χ4n) is 3.84. The lowest BCUT2D eigenvalue weighted by Gasteiger charge is -2.13. The standard InChI is InChI=1S/C26H21N3O2/c30-23(17-9-3-1-4-10-17)16-27-26(31)22-15-20-19-13-7-8-14-21(19)28-25(20)24(29-22)18-11-5-2-6-12-18/h1-15,23,28,30H,16H2,(H,27,31)/t23-/m1/s1. The second-order valence-electron chi connectivity index (χ2n) is 7.45. The van der Waals surface area contributed by atoms with Crippen LogP contribution in [0.4, 0.5) is 0 Å². The van der Waals surface area contributed by atoms with Crippen molar-refractivity contribution >= 4 is 27.7 Å². The zero-order valence-corrected chi connectivity index (χ0v) is 16.7. The molecule has 3 N–H and O–H groups in total. The van der Waals surface area contributed by atoms with Crippen LogP contribution in [0.5, 0.6) is 0 Å². The summed E-state index contributed by atoms with van der Waals surface area (Å²) in [4.78, 5) is 21.1. The number of aliphatic hydroxyl groups is 1. The molecule has 0 unspecified atom stereocenters. The van der Waals surface area contributed by atoms with E-state index in [4.69, 9.17) is 4.98 Å². The zero-order chi connectivity index (χ0) is 21.2. The van der Waals surface area contributed by atoms with Crippen molar-refractivity contribution in [1.82, 2.24) is 15.3 Å². The molecule has 0 spiro atoms. The topological polar surface area (TPSA) is 78.0 Å². The maximum Gasteiger partial charge on any atom is 0.270 e. The molecule has 2 aromatic heterocycles. The van der Waals surface area contributed by atoms with Crippen LogP contribution < -0.4 is 5.32 Å². The Kier molecular flexibility index (Phi) is 4.94. The van der Waals surface area contributed by atoms with Gasteiger partial charge in [0.2, 0.25) is 0 Å². The highest BCUT2D eigenvalue weighted by atomic mass is 16.3. The van der Waals surface area contributed by atoms with Crippen LogP contribution in [0.3, 0.4) is 0 Å². The minimum atomic E-state index is -0.782. The van der Waals surface area contributed by atoms with Crippen molar-refractivity contribution in [2.24, 2.45) is 0 Å². The first-order chi connectivity index (χ1) is 15.2. The summed E-state index contributed by atoms with van der Waals surface area (Å²) in [6.45, 7) is 0.108. The largest absolute Gasteiger partial charge is 0.387 e. The first kappa shape index (κ1) is 19.0. The van der Waals surface area contributed by atoms with Crippen LogP contribution in [-0.2, 0) is 0 Å². The van der Waals surface area contributed by atoms with E-state index in [1.807, 2.05) is 91.0 Å². The van der Waals surface area contributed by atoms with Gasteiger partial charge in [0.15, 0.2) is 0 Å². The smallest absolute Gasteiger partial charge is 0.270 e. The molecular formula is C26H21N3O2. The predicted molar refractivity (Wildman–Crippen MR) is 123 cm³/mol. The Balaban J connectivity index is 1.54. The molecule has 0 saturated carbocycles. The van der Waals surface area contributed by atoms with E-state index in [0.717, 1.165) is 38.6 Å². The number of nitrogens with zero attached hydrogens (tertiary/aromatic N) is 1. The fraction of sp³-hybridized carbons (Fsp3) is 0.0769. The number of para-hydroxylation sites is 1. The number of fused-ring (bicyclic) bond motifs is 3. The molecule has 0 aliphatic rings. The zero-order valence-electron chi connectivity index (χ0n) is 16.7. The van der Waals surface area contributed by atoms with Gasteiger partial charge >= 0.3 is 0 Å². The summed E-state index contributed by atoms with van der Waals surface area (Å²) in [6, 6.07) is 28.9. The van der Waals surface area contributed by atoms with E-state index in [2.05, 4.69) is 10.3 Å². The van der Waals surface area contributed by atoms with Crippen molar-refractivity contribution < 1.29 is 9.90 Å². The molecular weight excluding hydrogens is 386 g/mol. The Morgan fingerprint density at radius 3 is 2.35 bits per heavy atom. The molecule has 0 fully saturated rings. The van der Waals surface area contributed by atoms with Crippen LogP contribution in [0, 0.1) is 0 Å². The third-order valence-electron chi connectivity index (χ3n) is 5.42. The molecule has 1 amide bonds. The molecule has 3 aromatic carbocycles. The average Bonchev–Trinajstić information content (AvgIpc) is 3.21. The van der Waals surface area contributed by atoms with E-state index in [1.165, 1.54) is 0 Å². The second-order valence-corrected chi connectivity index (χ2v) is 7.45. The predicted octanol–water partition coefficient (Wildman–Crippen LogP) is 4.85. The van der Waals surface area contributed by atoms with Crippen molar-refractivity contribution in [3.63, 3.8) is 0 Å². The maximum atomic E-state index is 13.0. The van der Waals surface area contributed by atoms with E-state index in [-0.39, 0.29) is 12.5 Å². The lowest BCUT2D eigenvalue weighted by Crippen LogP contribution is -2.29. The molecule has 152 valence electrons. The number of aliphatic hydroxyl groups excluding tert-OH is 1. The molecule has 5 heteroatoms. The average molecular weight is 407 g/mol. The van der Waals surface area contributed by atoms with Gasteiger partial charge in [-0.05, 0) is 17.7 Å². The Morgan fingerprint density at radius 1 is 0.903 bits per heavy atom. The lowest BCUT2D eigenvalue weighted by atomic mass is 10.1. The van der Waals surface area contributed by atoms with Gasteiger partial charge in [-0.2, -0.15) is 0 Å². The molecule has 0 radical (unpaired) electrons. The first-order valence-corrected chi connectivity index (χ1v) is 10.2. The van der Waals surface area contributed by atoms with Gasteiger partial charge < -0.3 is 15.4 Å². The van der Waals surface area contributed by atoms with Gasteiger partial charge in [-0.3, -0.25) is 4.79 Å². The number of carbonyl (C=O) groups is 1. The number of benzene rings is 3. The normalized spacial score (nSPS) is 12.2. The number of rotatable bonds is 5. The molecule has 0 saturated heterocycles. The van der Waals surface area contributed by atoms with Crippen molar-refractivity contribution in [1.29, 1.82) is 0 Å². The third kappa shape index (κ3) is 3.67. The van der Waals surface area contributed by atoms with Crippen molar-refractivity contribution in [3.05, 3.63) is 102 Å². The molecule has 5 aromatic rings. The quantitative estimate of drug-likeness (QED) is 0.390. The van der Waals surface area contributed by atoms with Crippen LogP contribution >= 0.6 is 0 Å². The van der Waals surface area contributed by atoms with Gasteiger partial charge in [0.25, 0.3) is 5.91 Å². The summed E-state index contributed by atoms with van der Waals surface area (Å²) >= 11 is 0. The number of hydrogen-bond acceptors (Lipinski definition) is 3. The second kappa shape index (κ2) is 8.05. The highest BCUT2D eigenvalue weighted by molar-refractivity contribution is 6.13. The van der Waals surface area contributed by atoms with Gasteiger partial charge in [0, 0.05) is 28.4 Å². The van der Waals surface area contributed by atoms with Crippen molar-refractivity contribution in [2.75, 3.05) is 6.54 Å². The summed E-state index contributed by atoms with van der Waals surface area (Å²) in [6.07, 6.45) is -0.782. The maximum absolute atomic E-state index is 13.0. The highest BCUT2D eigenvalue weighted by Gasteiger charge is 2.18. The molecule has 0 aliphatic heterocycles. The van der Waals surface area contributed by atoms with Crippen LogP contribution in [0.15, 0.2) is 91.0 Å². The number of aromatic amines is 1. The summed E-state index contributed by atoms with van der Waals surface area (Å²) in [5.41, 5.74) is 4.62. The van der Waals surface area contributed by atoms with Gasteiger partial charge in [0.1, 0.15) is 5.69 Å². The third-order valence-corrected chi connectivity index (χ3v) is 5.42. The Bertz CT molecular complexity index is 1360. The minimum Gasteiger partial charge on any atom is -0.387 e. The number of carbonyl (C=O) groups excluding carboxylic acids is 1. The van der Waals surface area contributed by atoms with Gasteiger partial charge in [-0.1, -0.05) is 78.9 Å². The van der Waals surface area contributed by atoms with Crippen LogP contribution in [-0.4, -0.2) is 27.5 Å².